The Hall–Kier alpha value is -2.30. The van der Waals surface area contributed by atoms with Crippen molar-refractivity contribution in [3.8, 4) is 5.75 Å². The Morgan fingerprint density at radius 3 is 2.65 bits per heavy atom. The van der Waals surface area contributed by atoms with Gasteiger partial charge < -0.3 is 15.4 Å². The fourth-order valence-corrected chi connectivity index (χ4v) is 2.27. The first-order chi connectivity index (χ1) is 11.1. The summed E-state index contributed by atoms with van der Waals surface area (Å²) in [6, 6.07) is 10.0. The van der Waals surface area contributed by atoms with Crippen molar-refractivity contribution in [1.29, 1.82) is 0 Å². The summed E-state index contributed by atoms with van der Waals surface area (Å²) in [6.45, 7) is 7.99. The van der Waals surface area contributed by atoms with E-state index >= 15 is 0 Å². The van der Waals surface area contributed by atoms with Crippen LogP contribution in [0, 0.1) is 12.8 Å². The second-order valence-electron chi connectivity index (χ2n) is 5.98. The number of aryl methyl sites for hydroxylation is 1. The molecule has 2 rings (SSSR count). The molecule has 0 spiro atoms. The highest BCUT2D eigenvalue weighted by atomic mass is 16.5. The van der Waals surface area contributed by atoms with Crippen LogP contribution in [0.3, 0.4) is 0 Å². The van der Waals surface area contributed by atoms with Gasteiger partial charge >= 0.3 is 0 Å². The molecule has 1 aromatic heterocycles. The first-order valence-electron chi connectivity index (χ1n) is 8.04. The van der Waals surface area contributed by atoms with Gasteiger partial charge in [0.2, 0.25) is 5.95 Å². The van der Waals surface area contributed by atoms with Crippen molar-refractivity contribution in [2.45, 2.75) is 27.2 Å². The number of benzene rings is 1. The van der Waals surface area contributed by atoms with Crippen LogP contribution in [-0.2, 0) is 6.42 Å². The van der Waals surface area contributed by atoms with Gasteiger partial charge in [-0.05, 0) is 30.9 Å². The monoisotopic (exact) mass is 314 g/mol. The Bertz CT molecular complexity index is 628. The number of nitrogens with zero attached hydrogens (tertiary/aromatic N) is 2. The molecular weight excluding hydrogens is 288 g/mol. The van der Waals surface area contributed by atoms with Gasteiger partial charge in [-0.25, -0.2) is 4.98 Å². The molecule has 0 atom stereocenters. The first kappa shape index (κ1) is 17.1. The fraction of sp³-hybridized carbons (Fsp3) is 0.444. The summed E-state index contributed by atoms with van der Waals surface area (Å²) in [7, 11) is 1.70. The lowest BCUT2D eigenvalue weighted by Gasteiger charge is -2.12. The van der Waals surface area contributed by atoms with E-state index in [1.807, 2.05) is 31.2 Å². The van der Waals surface area contributed by atoms with E-state index in [9.17, 15) is 0 Å². The van der Waals surface area contributed by atoms with Gasteiger partial charge in [-0.1, -0.05) is 32.0 Å². The summed E-state index contributed by atoms with van der Waals surface area (Å²) in [5, 5.41) is 6.64. The van der Waals surface area contributed by atoms with Crippen molar-refractivity contribution in [2.75, 3.05) is 30.8 Å². The van der Waals surface area contributed by atoms with E-state index in [4.69, 9.17) is 4.74 Å². The van der Waals surface area contributed by atoms with Crippen LogP contribution in [-0.4, -0.2) is 30.2 Å². The highest BCUT2D eigenvalue weighted by Gasteiger charge is 2.05. The minimum Gasteiger partial charge on any atom is -0.496 e. The van der Waals surface area contributed by atoms with Gasteiger partial charge in [0.05, 0.1) is 7.11 Å². The summed E-state index contributed by atoms with van der Waals surface area (Å²) in [5.74, 6) is 3.02. The number of hydrogen-bond donors (Lipinski definition) is 2. The summed E-state index contributed by atoms with van der Waals surface area (Å²) < 4.78 is 5.37. The molecule has 5 nitrogen and oxygen atoms in total. The summed E-state index contributed by atoms with van der Waals surface area (Å²) >= 11 is 0. The first-order valence-corrected chi connectivity index (χ1v) is 8.04. The Labute approximate surface area is 138 Å². The quantitative estimate of drug-likeness (QED) is 0.781. The van der Waals surface area contributed by atoms with E-state index in [1.54, 1.807) is 7.11 Å². The Balaban J connectivity index is 1.94. The lowest BCUT2D eigenvalue weighted by atomic mass is 10.1. The number of hydrogen-bond acceptors (Lipinski definition) is 5. The highest BCUT2D eigenvalue weighted by Crippen LogP contribution is 2.18. The van der Waals surface area contributed by atoms with Crippen molar-refractivity contribution in [3.05, 3.63) is 41.6 Å². The minimum atomic E-state index is 0.576. The predicted octanol–water partition coefficient (Wildman–Crippen LogP) is 3.52. The SMILES string of the molecule is COc1ccccc1CCNc1nc(C)cc(NCC(C)C)n1. The van der Waals surface area contributed by atoms with Crippen molar-refractivity contribution < 1.29 is 4.74 Å². The van der Waals surface area contributed by atoms with Gasteiger partial charge in [0.25, 0.3) is 0 Å². The molecule has 23 heavy (non-hydrogen) atoms. The Kier molecular flexibility index (Phi) is 6.20. The van der Waals surface area contributed by atoms with Crippen LogP contribution in [0.25, 0.3) is 0 Å². The normalized spacial score (nSPS) is 10.7. The van der Waals surface area contributed by atoms with Gasteiger partial charge in [0, 0.05) is 24.8 Å². The number of ether oxygens (including phenoxy) is 1. The molecule has 124 valence electrons. The van der Waals surface area contributed by atoms with Crippen LogP contribution >= 0.6 is 0 Å². The molecule has 2 aromatic rings. The topological polar surface area (TPSA) is 59.1 Å². The third-order valence-electron chi connectivity index (χ3n) is 3.42. The van der Waals surface area contributed by atoms with Gasteiger partial charge in [0.1, 0.15) is 11.6 Å². The average molecular weight is 314 g/mol. The van der Waals surface area contributed by atoms with Crippen molar-refractivity contribution >= 4 is 11.8 Å². The second-order valence-corrected chi connectivity index (χ2v) is 5.98. The van der Waals surface area contributed by atoms with E-state index < -0.39 is 0 Å². The third kappa shape index (κ3) is 5.43. The maximum atomic E-state index is 5.37. The predicted molar refractivity (Wildman–Crippen MR) is 95.3 cm³/mol. The molecule has 1 heterocycles. The maximum Gasteiger partial charge on any atom is 0.224 e. The molecule has 0 aliphatic rings. The third-order valence-corrected chi connectivity index (χ3v) is 3.42. The van der Waals surface area contributed by atoms with Gasteiger partial charge in [-0.3, -0.25) is 0 Å². The van der Waals surface area contributed by atoms with E-state index in [1.165, 1.54) is 5.56 Å². The average Bonchev–Trinajstić information content (AvgIpc) is 2.53. The molecule has 0 aliphatic heterocycles. The molecule has 0 amide bonds. The van der Waals surface area contributed by atoms with Crippen LogP contribution in [0.4, 0.5) is 11.8 Å². The highest BCUT2D eigenvalue weighted by molar-refractivity contribution is 5.42. The van der Waals surface area contributed by atoms with Crippen LogP contribution in [0.15, 0.2) is 30.3 Å². The molecule has 0 unspecified atom stereocenters. The molecule has 0 aliphatic carbocycles. The molecule has 5 heteroatoms. The second kappa shape index (κ2) is 8.36. The minimum absolute atomic E-state index is 0.576. The summed E-state index contributed by atoms with van der Waals surface area (Å²) in [4.78, 5) is 8.96. The zero-order chi connectivity index (χ0) is 16.7. The van der Waals surface area contributed by atoms with E-state index in [-0.39, 0.29) is 0 Å². The van der Waals surface area contributed by atoms with Crippen LogP contribution in [0.5, 0.6) is 5.75 Å². The van der Waals surface area contributed by atoms with Crippen molar-refractivity contribution in [1.82, 2.24) is 9.97 Å². The number of nitrogens with one attached hydrogen (secondary N) is 2. The molecule has 0 fully saturated rings. The lowest BCUT2D eigenvalue weighted by Crippen LogP contribution is -2.13. The molecule has 1 aromatic carbocycles. The van der Waals surface area contributed by atoms with Crippen LogP contribution < -0.4 is 15.4 Å². The smallest absolute Gasteiger partial charge is 0.224 e. The Morgan fingerprint density at radius 1 is 1.13 bits per heavy atom. The molecule has 0 saturated carbocycles. The van der Waals surface area contributed by atoms with Crippen molar-refractivity contribution in [2.24, 2.45) is 5.92 Å². The largest absolute Gasteiger partial charge is 0.496 e. The Morgan fingerprint density at radius 2 is 1.91 bits per heavy atom. The number of anilines is 2. The number of aromatic nitrogens is 2. The van der Waals surface area contributed by atoms with E-state index in [0.717, 1.165) is 36.8 Å². The number of methoxy groups -OCH3 is 1. The van der Waals surface area contributed by atoms with Crippen molar-refractivity contribution in [3.63, 3.8) is 0 Å². The van der Waals surface area contributed by atoms with E-state index in [2.05, 4.69) is 40.5 Å². The van der Waals surface area contributed by atoms with Crippen LogP contribution in [0.1, 0.15) is 25.1 Å². The van der Waals surface area contributed by atoms with Gasteiger partial charge in [0.15, 0.2) is 0 Å². The van der Waals surface area contributed by atoms with Gasteiger partial charge in [-0.2, -0.15) is 4.98 Å². The van der Waals surface area contributed by atoms with E-state index in [0.29, 0.717) is 11.9 Å². The van der Waals surface area contributed by atoms with Gasteiger partial charge in [-0.15, -0.1) is 0 Å². The summed E-state index contributed by atoms with van der Waals surface area (Å²) in [6.07, 6.45) is 0.857. The molecule has 0 saturated heterocycles. The lowest BCUT2D eigenvalue weighted by molar-refractivity contribution is 0.410. The molecular formula is C18H26N4O. The standard InChI is InChI=1S/C18H26N4O/c1-13(2)12-20-17-11-14(3)21-18(22-17)19-10-9-15-7-5-6-8-16(15)23-4/h5-8,11,13H,9-10,12H2,1-4H3,(H2,19,20,21,22). The summed E-state index contributed by atoms with van der Waals surface area (Å²) in [5.41, 5.74) is 2.12. The fourth-order valence-electron chi connectivity index (χ4n) is 2.27. The molecule has 0 radical (unpaired) electrons. The zero-order valence-electron chi connectivity index (χ0n) is 14.4. The molecule has 0 bridgehead atoms. The zero-order valence-corrected chi connectivity index (χ0v) is 14.4. The molecule has 2 N–H and O–H groups in total. The number of rotatable bonds is 8. The maximum absolute atomic E-state index is 5.37. The van der Waals surface area contributed by atoms with Crippen LogP contribution in [0.2, 0.25) is 0 Å². The number of para-hydroxylation sites is 1.